The number of carbonyl (C=O) groups is 1. The number of nitrogens with zero attached hydrogens (tertiary/aromatic N) is 2. The summed E-state index contributed by atoms with van der Waals surface area (Å²) in [5, 5.41) is 7.64. The molecular weight excluding hydrogens is 290 g/mol. The van der Waals surface area contributed by atoms with Gasteiger partial charge < -0.3 is 5.32 Å². The van der Waals surface area contributed by atoms with E-state index in [0.717, 1.165) is 17.2 Å². The van der Waals surface area contributed by atoms with Crippen LogP contribution in [0.25, 0.3) is 0 Å². The van der Waals surface area contributed by atoms with Crippen molar-refractivity contribution in [3.63, 3.8) is 0 Å². The van der Waals surface area contributed by atoms with E-state index < -0.39 is 0 Å². The van der Waals surface area contributed by atoms with Crippen molar-refractivity contribution in [3.05, 3.63) is 10.6 Å². The smallest absolute Gasteiger partial charge is 0.265 e. The summed E-state index contributed by atoms with van der Waals surface area (Å²) in [5.74, 6) is 0.120. The topological polar surface area (TPSA) is 54.9 Å². The second kappa shape index (κ2) is 5.23. The molecule has 0 fully saturated rings. The van der Waals surface area contributed by atoms with Crippen LogP contribution in [0, 0.1) is 0 Å². The lowest BCUT2D eigenvalue weighted by molar-refractivity contribution is 0.0924. The number of amides is 1. The Morgan fingerprint density at radius 2 is 2.19 bits per heavy atom. The summed E-state index contributed by atoms with van der Waals surface area (Å²) in [6, 6.07) is 0. The summed E-state index contributed by atoms with van der Waals surface area (Å²) in [7, 11) is 0. The lowest BCUT2D eigenvalue weighted by atomic mass is 10.1. The van der Waals surface area contributed by atoms with Crippen molar-refractivity contribution in [2.24, 2.45) is 0 Å². The molecule has 1 N–H and O–H groups in total. The van der Waals surface area contributed by atoms with Gasteiger partial charge in [0.15, 0.2) is 0 Å². The molecule has 0 atom stereocenters. The Morgan fingerprint density at radius 1 is 1.56 bits per heavy atom. The Labute approximate surface area is 108 Å². The zero-order valence-electron chi connectivity index (χ0n) is 9.87. The first kappa shape index (κ1) is 13.6. The zero-order valence-corrected chi connectivity index (χ0v) is 12.3. The third kappa shape index (κ3) is 3.25. The van der Waals surface area contributed by atoms with Crippen molar-refractivity contribution >= 4 is 33.4 Å². The Bertz CT molecular complexity index is 376. The second-order valence-electron chi connectivity index (χ2n) is 4.61. The first-order valence-electron chi connectivity index (χ1n) is 5.08. The van der Waals surface area contributed by atoms with Crippen LogP contribution in [0.4, 0.5) is 0 Å². The second-order valence-corrected chi connectivity index (χ2v) is 5.93. The Morgan fingerprint density at radius 3 is 2.69 bits per heavy atom. The third-order valence-electron chi connectivity index (χ3n) is 2.05. The molecule has 1 rings (SSSR count). The fourth-order valence-electron chi connectivity index (χ4n) is 1.13. The average molecular weight is 306 g/mol. The predicted octanol–water partition coefficient (Wildman–Crippen LogP) is 2.56. The highest BCUT2D eigenvalue weighted by atomic mass is 79.9. The monoisotopic (exact) mass is 305 g/mol. The van der Waals surface area contributed by atoms with Crippen LogP contribution in [0.1, 0.15) is 49.0 Å². The molecule has 0 unspecified atom stereocenters. The van der Waals surface area contributed by atoms with Crippen molar-refractivity contribution in [1.29, 1.82) is 0 Å². The molecule has 16 heavy (non-hydrogen) atoms. The quantitative estimate of drug-likeness (QED) is 0.870. The van der Waals surface area contributed by atoms with Gasteiger partial charge in [0.05, 0.1) is 5.69 Å². The van der Waals surface area contributed by atoms with Gasteiger partial charge in [-0.25, -0.2) is 0 Å². The van der Waals surface area contributed by atoms with Gasteiger partial charge >= 0.3 is 0 Å². The molecule has 4 nitrogen and oxygen atoms in total. The third-order valence-corrected chi connectivity index (χ3v) is 4.19. The first-order chi connectivity index (χ1) is 7.37. The van der Waals surface area contributed by atoms with Crippen molar-refractivity contribution in [2.75, 3.05) is 5.33 Å². The summed E-state index contributed by atoms with van der Waals surface area (Å²) < 4.78 is 3.84. The first-order valence-corrected chi connectivity index (χ1v) is 6.97. The zero-order chi connectivity index (χ0) is 12.3. The van der Waals surface area contributed by atoms with Crippen molar-refractivity contribution < 1.29 is 4.79 Å². The maximum Gasteiger partial charge on any atom is 0.265 e. The fraction of sp³-hybridized carbons (Fsp3) is 0.700. The number of rotatable bonds is 4. The average Bonchev–Trinajstić information content (AvgIpc) is 2.65. The van der Waals surface area contributed by atoms with E-state index in [-0.39, 0.29) is 17.4 Å². The Balaban J connectivity index is 2.85. The van der Waals surface area contributed by atoms with E-state index in [2.05, 4.69) is 30.8 Å². The van der Waals surface area contributed by atoms with E-state index >= 15 is 0 Å². The van der Waals surface area contributed by atoms with Gasteiger partial charge in [0.1, 0.15) is 4.88 Å². The molecule has 1 heterocycles. The molecule has 0 saturated carbocycles. The van der Waals surface area contributed by atoms with Gasteiger partial charge in [-0.1, -0.05) is 34.3 Å². The highest BCUT2D eigenvalue weighted by molar-refractivity contribution is 9.09. The van der Waals surface area contributed by atoms with E-state index in [1.54, 1.807) is 0 Å². The molecule has 1 aromatic heterocycles. The molecule has 1 aromatic rings. The molecule has 0 aliphatic carbocycles. The number of aromatic nitrogens is 2. The number of alkyl halides is 1. The van der Waals surface area contributed by atoms with E-state index in [9.17, 15) is 4.79 Å². The molecule has 1 amide bonds. The van der Waals surface area contributed by atoms with E-state index in [1.165, 1.54) is 0 Å². The van der Waals surface area contributed by atoms with Gasteiger partial charge in [-0.2, -0.15) is 0 Å². The molecule has 0 spiro atoms. The summed E-state index contributed by atoms with van der Waals surface area (Å²) >= 11 is 4.52. The number of halogens is 1. The maximum absolute atomic E-state index is 12.0. The molecule has 0 saturated heterocycles. The van der Waals surface area contributed by atoms with Crippen LogP contribution in [0.15, 0.2) is 0 Å². The molecule has 6 heteroatoms. The van der Waals surface area contributed by atoms with Crippen LogP contribution in [0.3, 0.4) is 0 Å². The van der Waals surface area contributed by atoms with E-state index in [0.29, 0.717) is 10.2 Å². The van der Waals surface area contributed by atoms with Gasteiger partial charge in [0, 0.05) is 10.9 Å². The van der Waals surface area contributed by atoms with Crippen molar-refractivity contribution in [2.45, 2.75) is 39.2 Å². The highest BCUT2D eigenvalue weighted by Gasteiger charge is 2.24. The van der Waals surface area contributed by atoms with Crippen molar-refractivity contribution in [1.82, 2.24) is 14.9 Å². The number of hydrogen-bond acceptors (Lipinski definition) is 4. The summed E-state index contributed by atoms with van der Waals surface area (Å²) in [5.41, 5.74) is 0.503. The summed E-state index contributed by atoms with van der Waals surface area (Å²) in [4.78, 5) is 12.6. The van der Waals surface area contributed by atoms with Gasteiger partial charge in [-0.3, -0.25) is 4.79 Å². The van der Waals surface area contributed by atoms with Gasteiger partial charge in [0.2, 0.25) is 0 Å². The Hall–Kier alpha value is -0.490. The minimum absolute atomic E-state index is 0.0943. The Kier molecular flexibility index (Phi) is 4.43. The van der Waals surface area contributed by atoms with Crippen LogP contribution in [-0.4, -0.2) is 26.4 Å². The minimum atomic E-state index is -0.269. The number of hydrogen-bond donors (Lipinski definition) is 1. The standard InChI is InChI=1S/C10H16BrN3OS/c1-6(2)7-8(16-14-13-7)9(15)12-10(3,4)5-11/h6H,5H2,1-4H3,(H,12,15). The van der Waals surface area contributed by atoms with Crippen LogP contribution in [0.5, 0.6) is 0 Å². The SMILES string of the molecule is CC(C)c1nnsc1C(=O)NC(C)(C)CBr. The predicted molar refractivity (Wildman–Crippen MR) is 69.3 cm³/mol. The summed E-state index contributed by atoms with van der Waals surface area (Å²) in [6.07, 6.45) is 0. The highest BCUT2D eigenvalue weighted by Crippen LogP contribution is 2.20. The van der Waals surface area contributed by atoms with Gasteiger partial charge in [-0.15, -0.1) is 5.10 Å². The molecule has 0 aromatic carbocycles. The minimum Gasteiger partial charge on any atom is -0.346 e. The number of nitrogens with one attached hydrogen (secondary N) is 1. The van der Waals surface area contributed by atoms with Crippen molar-refractivity contribution in [3.8, 4) is 0 Å². The molecule has 0 bridgehead atoms. The van der Waals surface area contributed by atoms with Crippen LogP contribution in [-0.2, 0) is 0 Å². The molecule has 0 aliphatic heterocycles. The molecular formula is C10H16BrN3OS. The fourth-order valence-corrected chi connectivity index (χ4v) is 1.98. The van der Waals surface area contributed by atoms with Gasteiger partial charge in [0.25, 0.3) is 5.91 Å². The maximum atomic E-state index is 12.0. The van der Waals surface area contributed by atoms with E-state index in [4.69, 9.17) is 0 Å². The lowest BCUT2D eigenvalue weighted by Crippen LogP contribution is -2.44. The van der Waals surface area contributed by atoms with Crippen LogP contribution >= 0.6 is 27.5 Å². The molecule has 0 aliphatic rings. The van der Waals surface area contributed by atoms with Crippen LogP contribution in [0.2, 0.25) is 0 Å². The van der Waals surface area contributed by atoms with Gasteiger partial charge in [-0.05, 0) is 31.3 Å². The molecule has 90 valence electrons. The summed E-state index contributed by atoms with van der Waals surface area (Å²) in [6.45, 7) is 7.93. The lowest BCUT2D eigenvalue weighted by Gasteiger charge is -2.23. The normalized spacial score (nSPS) is 11.9. The van der Waals surface area contributed by atoms with E-state index in [1.807, 2.05) is 27.7 Å². The largest absolute Gasteiger partial charge is 0.346 e. The number of carbonyl (C=O) groups excluding carboxylic acids is 1. The van der Waals surface area contributed by atoms with Crippen LogP contribution < -0.4 is 5.32 Å². The molecule has 0 radical (unpaired) electrons.